The van der Waals surface area contributed by atoms with Gasteiger partial charge in [-0.15, -0.1) is 0 Å². The Morgan fingerprint density at radius 1 is 1.20 bits per heavy atom. The molecule has 1 saturated heterocycles. The molecule has 1 aliphatic rings. The van der Waals surface area contributed by atoms with Gasteiger partial charge in [-0.05, 0) is 63.4 Å². The SMILES string of the molecule is Cc1ccc(NC(=O)c2c(C)c(C(=O)C(=O)NC3CCCNC3)n(C)c2C)cc1F. The summed E-state index contributed by atoms with van der Waals surface area (Å²) in [5.41, 5.74) is 2.24. The first-order valence-corrected chi connectivity index (χ1v) is 10.00. The first-order chi connectivity index (χ1) is 14.2. The van der Waals surface area contributed by atoms with E-state index in [0.717, 1.165) is 19.4 Å². The van der Waals surface area contributed by atoms with Crippen molar-refractivity contribution in [2.45, 2.75) is 39.7 Å². The number of amides is 2. The van der Waals surface area contributed by atoms with Crippen LogP contribution in [0.1, 0.15) is 50.5 Å². The molecule has 2 amide bonds. The molecule has 3 N–H and O–H groups in total. The van der Waals surface area contributed by atoms with E-state index in [1.54, 1.807) is 44.5 Å². The summed E-state index contributed by atoms with van der Waals surface area (Å²) in [7, 11) is 1.65. The Labute approximate surface area is 175 Å². The summed E-state index contributed by atoms with van der Waals surface area (Å²) in [5, 5.41) is 8.63. The van der Waals surface area contributed by atoms with Crippen LogP contribution < -0.4 is 16.0 Å². The van der Waals surface area contributed by atoms with Gasteiger partial charge in [0.05, 0.1) is 11.3 Å². The van der Waals surface area contributed by atoms with Crippen molar-refractivity contribution in [3.8, 4) is 0 Å². The Morgan fingerprint density at radius 3 is 2.57 bits per heavy atom. The monoisotopic (exact) mass is 414 g/mol. The number of rotatable bonds is 5. The summed E-state index contributed by atoms with van der Waals surface area (Å²) >= 11 is 0. The lowest BCUT2D eigenvalue weighted by Gasteiger charge is -2.23. The third-order valence-electron chi connectivity index (χ3n) is 5.64. The number of Topliss-reactive ketones (excluding diaryl/α,β-unsaturated/α-hetero) is 1. The first kappa shape index (κ1) is 21.7. The predicted molar refractivity (Wildman–Crippen MR) is 112 cm³/mol. The molecule has 30 heavy (non-hydrogen) atoms. The smallest absolute Gasteiger partial charge is 0.294 e. The van der Waals surface area contributed by atoms with Crippen LogP contribution >= 0.6 is 0 Å². The highest BCUT2D eigenvalue weighted by Crippen LogP contribution is 2.24. The highest BCUT2D eigenvalue weighted by Gasteiger charge is 2.29. The maximum Gasteiger partial charge on any atom is 0.294 e. The molecule has 0 saturated carbocycles. The average Bonchev–Trinajstić information content (AvgIpc) is 2.93. The van der Waals surface area contributed by atoms with Crippen molar-refractivity contribution in [3.63, 3.8) is 0 Å². The topological polar surface area (TPSA) is 92.2 Å². The van der Waals surface area contributed by atoms with Gasteiger partial charge in [0.15, 0.2) is 0 Å². The standard InChI is InChI=1S/C22H27FN4O3/c1-12-7-8-15(10-17(12)23)25-21(29)18-13(2)19(27(4)14(18)3)20(28)22(30)26-16-6-5-9-24-11-16/h7-8,10,16,24H,5-6,9,11H2,1-4H3,(H,25,29)(H,26,30). The van der Waals surface area contributed by atoms with Crippen LogP contribution in [0, 0.1) is 26.6 Å². The Morgan fingerprint density at radius 2 is 1.93 bits per heavy atom. The number of nitrogens with zero attached hydrogens (tertiary/aromatic N) is 1. The molecule has 0 aliphatic carbocycles. The molecule has 160 valence electrons. The quantitative estimate of drug-likeness (QED) is 0.518. The fourth-order valence-corrected chi connectivity index (χ4v) is 3.83. The minimum atomic E-state index is -0.681. The van der Waals surface area contributed by atoms with E-state index < -0.39 is 23.4 Å². The third kappa shape index (κ3) is 4.28. The lowest BCUT2D eigenvalue weighted by molar-refractivity contribution is -0.117. The molecule has 0 radical (unpaired) electrons. The van der Waals surface area contributed by atoms with Crippen LogP contribution in [0.4, 0.5) is 10.1 Å². The number of aromatic nitrogens is 1. The van der Waals surface area contributed by atoms with Crippen LogP contribution in [0.2, 0.25) is 0 Å². The van der Waals surface area contributed by atoms with E-state index >= 15 is 0 Å². The van der Waals surface area contributed by atoms with E-state index in [1.165, 1.54) is 6.07 Å². The normalized spacial score (nSPS) is 16.2. The Bertz CT molecular complexity index is 1010. The van der Waals surface area contributed by atoms with Gasteiger partial charge < -0.3 is 20.5 Å². The van der Waals surface area contributed by atoms with Crippen molar-refractivity contribution < 1.29 is 18.8 Å². The number of hydrogen-bond acceptors (Lipinski definition) is 4. The largest absolute Gasteiger partial charge is 0.345 e. The van der Waals surface area contributed by atoms with Crippen LogP contribution in [-0.2, 0) is 11.8 Å². The van der Waals surface area contributed by atoms with Gasteiger partial charge in [-0.2, -0.15) is 0 Å². The minimum absolute atomic E-state index is 0.0870. The van der Waals surface area contributed by atoms with E-state index in [9.17, 15) is 18.8 Å². The van der Waals surface area contributed by atoms with Crippen molar-refractivity contribution in [3.05, 3.63) is 52.1 Å². The zero-order valence-corrected chi connectivity index (χ0v) is 17.7. The summed E-state index contributed by atoms with van der Waals surface area (Å²) < 4.78 is 15.4. The summed E-state index contributed by atoms with van der Waals surface area (Å²) in [4.78, 5) is 38.2. The summed E-state index contributed by atoms with van der Waals surface area (Å²) in [6.45, 7) is 6.52. The number of carbonyl (C=O) groups is 3. The van der Waals surface area contributed by atoms with Crippen LogP contribution in [-0.4, -0.2) is 41.3 Å². The number of benzene rings is 1. The van der Waals surface area contributed by atoms with Gasteiger partial charge >= 0.3 is 0 Å². The van der Waals surface area contributed by atoms with E-state index in [4.69, 9.17) is 0 Å². The zero-order valence-electron chi connectivity index (χ0n) is 17.7. The Hall–Kier alpha value is -3.00. The lowest BCUT2D eigenvalue weighted by atomic mass is 10.1. The Kier molecular flexibility index (Phi) is 6.36. The fraction of sp³-hybridized carbons (Fsp3) is 0.409. The van der Waals surface area contributed by atoms with Gasteiger partial charge in [0, 0.05) is 31.0 Å². The van der Waals surface area contributed by atoms with Crippen molar-refractivity contribution in [1.29, 1.82) is 0 Å². The van der Waals surface area contributed by atoms with Crippen LogP contribution in [0.3, 0.4) is 0 Å². The van der Waals surface area contributed by atoms with Gasteiger partial charge in [-0.1, -0.05) is 6.07 Å². The molecule has 1 unspecified atom stereocenters. The second-order valence-corrected chi connectivity index (χ2v) is 7.76. The zero-order chi connectivity index (χ0) is 22.0. The molecule has 1 aromatic carbocycles. The maximum atomic E-state index is 13.8. The molecule has 3 rings (SSSR count). The number of aryl methyl sites for hydroxylation is 1. The molecule has 8 heteroatoms. The van der Waals surface area contributed by atoms with Gasteiger partial charge in [-0.3, -0.25) is 14.4 Å². The number of nitrogens with one attached hydrogen (secondary N) is 3. The highest BCUT2D eigenvalue weighted by molar-refractivity contribution is 6.43. The number of hydrogen-bond donors (Lipinski definition) is 3. The highest BCUT2D eigenvalue weighted by atomic mass is 19.1. The molecule has 1 fully saturated rings. The van der Waals surface area contributed by atoms with Crippen LogP contribution in [0.5, 0.6) is 0 Å². The summed E-state index contributed by atoms with van der Waals surface area (Å²) in [5.74, 6) is -2.23. The summed E-state index contributed by atoms with van der Waals surface area (Å²) in [6.07, 6.45) is 1.75. The van der Waals surface area contributed by atoms with Crippen LogP contribution in [0.15, 0.2) is 18.2 Å². The molecule has 2 heterocycles. The first-order valence-electron chi connectivity index (χ1n) is 10.00. The number of carbonyl (C=O) groups excluding carboxylic acids is 3. The van der Waals surface area contributed by atoms with Crippen LogP contribution in [0.25, 0.3) is 0 Å². The molecule has 1 aromatic heterocycles. The molecule has 0 spiro atoms. The maximum absolute atomic E-state index is 13.8. The van der Waals surface area contributed by atoms with Crippen molar-refractivity contribution in [1.82, 2.24) is 15.2 Å². The molecule has 1 aliphatic heterocycles. The van der Waals surface area contributed by atoms with Gasteiger partial charge in [0.1, 0.15) is 5.82 Å². The molecule has 1 atom stereocenters. The number of halogens is 1. The molecular weight excluding hydrogens is 387 g/mol. The van der Waals surface area contributed by atoms with E-state index in [0.29, 0.717) is 34.6 Å². The average molecular weight is 414 g/mol. The van der Waals surface area contributed by atoms with Crippen molar-refractivity contribution in [2.24, 2.45) is 7.05 Å². The van der Waals surface area contributed by atoms with Gasteiger partial charge in [0.2, 0.25) is 0 Å². The van der Waals surface area contributed by atoms with E-state index in [-0.39, 0.29) is 11.7 Å². The fourth-order valence-electron chi connectivity index (χ4n) is 3.83. The number of anilines is 1. The van der Waals surface area contributed by atoms with Gasteiger partial charge in [0.25, 0.3) is 17.6 Å². The molecule has 0 bridgehead atoms. The second kappa shape index (κ2) is 8.79. The summed E-state index contributed by atoms with van der Waals surface area (Å²) in [6, 6.07) is 4.35. The predicted octanol–water partition coefficient (Wildman–Crippen LogP) is 2.39. The third-order valence-corrected chi connectivity index (χ3v) is 5.64. The minimum Gasteiger partial charge on any atom is -0.345 e. The Balaban J connectivity index is 1.83. The molecule has 7 nitrogen and oxygen atoms in total. The number of ketones is 1. The van der Waals surface area contributed by atoms with Gasteiger partial charge in [-0.25, -0.2) is 4.39 Å². The van der Waals surface area contributed by atoms with Crippen molar-refractivity contribution >= 4 is 23.3 Å². The van der Waals surface area contributed by atoms with Crippen molar-refractivity contribution in [2.75, 3.05) is 18.4 Å². The molecular formula is C22H27FN4O3. The van der Waals surface area contributed by atoms with E-state index in [2.05, 4.69) is 16.0 Å². The van der Waals surface area contributed by atoms with E-state index in [1.807, 2.05) is 0 Å². The molecule has 2 aromatic rings. The second-order valence-electron chi connectivity index (χ2n) is 7.76. The number of piperidine rings is 1. The lowest BCUT2D eigenvalue weighted by Crippen LogP contribution is -2.48.